The van der Waals surface area contributed by atoms with E-state index in [4.69, 9.17) is 20.4 Å². The molecule has 0 spiro atoms. The number of carbonyl (C=O) groups is 5. The van der Waals surface area contributed by atoms with Gasteiger partial charge in [-0.3, -0.25) is 4.79 Å². The Kier molecular flexibility index (Phi) is 12.3. The predicted molar refractivity (Wildman–Crippen MR) is 71.1 cm³/mol. The molecule has 5 N–H and O–H groups in total. The van der Waals surface area contributed by atoms with Gasteiger partial charge in [-0.2, -0.15) is 0 Å². The third-order valence-corrected chi connectivity index (χ3v) is 1.64. The van der Waals surface area contributed by atoms with Crippen molar-refractivity contribution in [2.75, 3.05) is 6.54 Å². The minimum atomic E-state index is -1.26. The Hall–Kier alpha value is -3.17. The van der Waals surface area contributed by atoms with Gasteiger partial charge in [-0.05, 0) is 6.42 Å². The van der Waals surface area contributed by atoms with Crippen LogP contribution in [0.15, 0.2) is 24.3 Å². The van der Waals surface area contributed by atoms with Crippen molar-refractivity contribution in [3.05, 3.63) is 24.3 Å². The second-order valence-corrected chi connectivity index (χ2v) is 3.47. The largest absolute Gasteiger partial charge is 0.478 e. The van der Waals surface area contributed by atoms with Crippen molar-refractivity contribution in [2.24, 2.45) is 0 Å². The molecule has 10 heteroatoms. The van der Waals surface area contributed by atoms with E-state index in [0.717, 1.165) is 19.4 Å². The van der Waals surface area contributed by atoms with Crippen LogP contribution >= 0.6 is 0 Å². The summed E-state index contributed by atoms with van der Waals surface area (Å²) in [7, 11) is 0. The molecule has 1 rings (SSSR count). The lowest BCUT2D eigenvalue weighted by atomic mass is 10.4. The molecule has 1 amide bonds. The van der Waals surface area contributed by atoms with Crippen LogP contribution in [0.2, 0.25) is 0 Å². The number of hydrogen-bond acceptors (Lipinski definition) is 5. The summed E-state index contributed by atoms with van der Waals surface area (Å²) in [4.78, 5) is 48.3. The zero-order chi connectivity index (χ0) is 17.5. The summed E-state index contributed by atoms with van der Waals surface area (Å²) in [5.41, 5.74) is 0. The zero-order valence-electron chi connectivity index (χ0n) is 11.3. The first-order valence-corrected chi connectivity index (χ1v) is 5.69. The van der Waals surface area contributed by atoms with E-state index in [1.807, 2.05) is 0 Å². The quantitative estimate of drug-likeness (QED) is 0.420. The number of carboxylic acids is 4. The molecule has 1 heterocycles. The van der Waals surface area contributed by atoms with Gasteiger partial charge in [-0.1, -0.05) is 0 Å². The zero-order valence-corrected chi connectivity index (χ0v) is 11.3. The van der Waals surface area contributed by atoms with Crippen molar-refractivity contribution in [3.63, 3.8) is 0 Å². The van der Waals surface area contributed by atoms with Crippen LogP contribution in [0.1, 0.15) is 12.8 Å². The van der Waals surface area contributed by atoms with Gasteiger partial charge in [0.05, 0.1) is 0 Å². The van der Waals surface area contributed by atoms with Gasteiger partial charge in [0.25, 0.3) is 0 Å². The molecule has 1 aliphatic heterocycles. The Morgan fingerprint density at radius 1 is 0.773 bits per heavy atom. The monoisotopic (exact) mass is 317 g/mol. The van der Waals surface area contributed by atoms with Crippen LogP contribution in [0, 0.1) is 0 Å². The van der Waals surface area contributed by atoms with E-state index in [1.54, 1.807) is 0 Å². The summed E-state index contributed by atoms with van der Waals surface area (Å²) in [6.07, 6.45) is 3.99. The van der Waals surface area contributed by atoms with Crippen molar-refractivity contribution >= 4 is 29.8 Å². The van der Waals surface area contributed by atoms with Crippen molar-refractivity contribution in [1.82, 2.24) is 5.32 Å². The van der Waals surface area contributed by atoms with E-state index in [0.29, 0.717) is 24.3 Å². The van der Waals surface area contributed by atoms with Gasteiger partial charge in [0, 0.05) is 37.3 Å². The lowest BCUT2D eigenvalue weighted by Crippen LogP contribution is -2.12. The number of nitrogens with one attached hydrogen (secondary N) is 1. The van der Waals surface area contributed by atoms with Gasteiger partial charge in [-0.15, -0.1) is 0 Å². The van der Waals surface area contributed by atoms with Crippen LogP contribution in [-0.4, -0.2) is 56.8 Å². The molecule has 0 aliphatic carbocycles. The molecule has 22 heavy (non-hydrogen) atoms. The highest BCUT2D eigenvalue weighted by atomic mass is 16.4. The van der Waals surface area contributed by atoms with Crippen LogP contribution in [0.5, 0.6) is 0 Å². The van der Waals surface area contributed by atoms with Gasteiger partial charge >= 0.3 is 23.9 Å². The van der Waals surface area contributed by atoms with Crippen LogP contribution < -0.4 is 5.32 Å². The van der Waals surface area contributed by atoms with Crippen LogP contribution in [-0.2, 0) is 24.0 Å². The molecule has 0 saturated carbocycles. The fourth-order valence-corrected chi connectivity index (χ4v) is 0.850. The molecular weight excluding hydrogens is 302 g/mol. The van der Waals surface area contributed by atoms with Gasteiger partial charge in [0.2, 0.25) is 5.91 Å². The second-order valence-electron chi connectivity index (χ2n) is 3.47. The molecule has 122 valence electrons. The summed E-state index contributed by atoms with van der Waals surface area (Å²) in [6, 6.07) is 0. The summed E-state index contributed by atoms with van der Waals surface area (Å²) >= 11 is 0. The molecule has 0 aromatic rings. The topological polar surface area (TPSA) is 178 Å². The lowest BCUT2D eigenvalue weighted by molar-refractivity contribution is -0.134. The highest BCUT2D eigenvalue weighted by Gasteiger charge is 2.05. The Labute approximate surface area is 124 Å². The first-order chi connectivity index (χ1) is 10.1. The molecule has 0 aromatic heterocycles. The number of hydrogen-bond donors (Lipinski definition) is 5. The lowest BCUT2D eigenvalue weighted by Gasteiger charge is -1.80. The van der Waals surface area contributed by atoms with E-state index in [-0.39, 0.29) is 5.91 Å². The Morgan fingerprint density at radius 3 is 1.18 bits per heavy atom. The summed E-state index contributed by atoms with van der Waals surface area (Å²) in [5.74, 6) is -4.82. The van der Waals surface area contributed by atoms with Crippen LogP contribution in [0.25, 0.3) is 0 Å². The molecule has 1 fully saturated rings. The third-order valence-electron chi connectivity index (χ3n) is 1.64. The maximum Gasteiger partial charge on any atom is 0.328 e. The van der Waals surface area contributed by atoms with Crippen molar-refractivity contribution in [1.29, 1.82) is 0 Å². The molecule has 0 unspecified atom stereocenters. The maximum absolute atomic E-state index is 10.1. The number of aliphatic carboxylic acids is 4. The van der Waals surface area contributed by atoms with Gasteiger partial charge < -0.3 is 25.7 Å². The van der Waals surface area contributed by atoms with E-state index >= 15 is 0 Å². The average molecular weight is 317 g/mol. The first-order valence-electron chi connectivity index (χ1n) is 5.69. The van der Waals surface area contributed by atoms with E-state index in [9.17, 15) is 24.0 Å². The van der Waals surface area contributed by atoms with Gasteiger partial charge in [-0.25, -0.2) is 19.2 Å². The van der Waals surface area contributed by atoms with Crippen molar-refractivity contribution in [3.8, 4) is 0 Å². The molecule has 10 nitrogen and oxygen atoms in total. The smallest absolute Gasteiger partial charge is 0.328 e. The first kappa shape index (κ1) is 21.1. The van der Waals surface area contributed by atoms with Crippen LogP contribution in [0.4, 0.5) is 0 Å². The van der Waals surface area contributed by atoms with Gasteiger partial charge in [0.1, 0.15) is 0 Å². The minimum Gasteiger partial charge on any atom is -0.478 e. The molecule has 0 aromatic carbocycles. The Balaban J connectivity index is 0. The molecule has 0 bridgehead atoms. The van der Waals surface area contributed by atoms with Crippen molar-refractivity contribution in [2.45, 2.75) is 12.8 Å². The fraction of sp³-hybridized carbons (Fsp3) is 0.250. The third kappa shape index (κ3) is 22.0. The molecule has 1 aliphatic rings. The number of carboxylic acid groups (broad SMARTS) is 4. The number of amides is 1. The van der Waals surface area contributed by atoms with Crippen LogP contribution in [0.3, 0.4) is 0 Å². The molecule has 0 atom stereocenters. The number of rotatable bonds is 4. The van der Waals surface area contributed by atoms with E-state index in [2.05, 4.69) is 5.32 Å². The molecule has 0 radical (unpaired) electrons. The molecular formula is C12H15NO9. The van der Waals surface area contributed by atoms with Crippen molar-refractivity contribution < 1.29 is 44.4 Å². The summed E-state index contributed by atoms with van der Waals surface area (Å²) < 4.78 is 0. The number of carbonyl (C=O) groups excluding carboxylic acids is 1. The maximum atomic E-state index is 10.1. The highest BCUT2D eigenvalue weighted by Crippen LogP contribution is 1.93. The molecule has 1 saturated heterocycles. The standard InChI is InChI=1S/C4H7NO.2C4H4O4/c6-4-2-1-3-5-4;2*5-3(6)1-2-4(7)8/h1-3H2,(H,5,6);2*1-2H,(H,5,6)(H,7,8)/b;2*2-1-. The Bertz CT molecular complexity index is 405. The predicted octanol–water partition coefficient (Wildman–Crippen LogP) is -0.680. The fourth-order valence-electron chi connectivity index (χ4n) is 0.850. The summed E-state index contributed by atoms with van der Waals surface area (Å²) in [6.45, 7) is 0.888. The second kappa shape index (κ2) is 12.8. The Morgan fingerprint density at radius 2 is 1.09 bits per heavy atom. The van der Waals surface area contributed by atoms with Gasteiger partial charge in [0.15, 0.2) is 0 Å². The normalized spacial score (nSPS) is 12.6. The highest BCUT2D eigenvalue weighted by molar-refractivity contribution is 5.90. The average Bonchev–Trinajstić information content (AvgIpc) is 2.86. The van der Waals surface area contributed by atoms with E-state index in [1.165, 1.54) is 0 Å². The van der Waals surface area contributed by atoms with E-state index < -0.39 is 23.9 Å². The minimum absolute atomic E-state index is 0.204. The SMILES string of the molecule is O=C(O)/C=C\C(=O)O.O=C(O)/C=C\C(=O)O.O=C1CCCN1. The summed E-state index contributed by atoms with van der Waals surface area (Å²) in [5, 5.41) is 33.9.